The van der Waals surface area contributed by atoms with Gasteiger partial charge in [-0.05, 0) is 56.4 Å². The molecule has 1 saturated carbocycles. The van der Waals surface area contributed by atoms with Crippen LogP contribution < -0.4 is 5.73 Å². The molecule has 0 saturated heterocycles. The van der Waals surface area contributed by atoms with Gasteiger partial charge in [-0.3, -0.25) is 0 Å². The summed E-state index contributed by atoms with van der Waals surface area (Å²) >= 11 is 0. The lowest BCUT2D eigenvalue weighted by atomic mass is 10.1. The van der Waals surface area contributed by atoms with E-state index < -0.39 is 0 Å². The van der Waals surface area contributed by atoms with Crippen LogP contribution in [0.3, 0.4) is 0 Å². The van der Waals surface area contributed by atoms with Crippen LogP contribution in [0.1, 0.15) is 36.3 Å². The van der Waals surface area contributed by atoms with Crippen molar-refractivity contribution in [3.8, 4) is 0 Å². The molecule has 1 fully saturated rings. The fraction of sp³-hybridized carbons (Fsp3) is 0.571. The molecule has 0 amide bonds. The summed E-state index contributed by atoms with van der Waals surface area (Å²) in [6, 6.07) is 9.13. The first-order valence-corrected chi connectivity index (χ1v) is 6.27. The van der Waals surface area contributed by atoms with Gasteiger partial charge in [0.15, 0.2) is 0 Å². The molecule has 2 rings (SSSR count). The second kappa shape index (κ2) is 5.46. The number of benzene rings is 1. The normalized spacial score (nSPS) is 15.7. The van der Waals surface area contributed by atoms with Gasteiger partial charge in [-0.25, -0.2) is 0 Å². The Morgan fingerprint density at radius 3 is 2.50 bits per heavy atom. The van der Waals surface area contributed by atoms with Crippen LogP contribution in [0.15, 0.2) is 24.3 Å². The van der Waals surface area contributed by atoms with Gasteiger partial charge in [0.05, 0.1) is 0 Å². The maximum absolute atomic E-state index is 5.50. The number of rotatable bonds is 6. The van der Waals surface area contributed by atoms with Crippen molar-refractivity contribution < 1.29 is 0 Å². The average Bonchev–Trinajstić information content (AvgIpc) is 3.11. The quantitative estimate of drug-likeness (QED) is 0.794. The lowest BCUT2D eigenvalue weighted by Gasteiger charge is -2.16. The van der Waals surface area contributed by atoms with Crippen LogP contribution in [0.2, 0.25) is 0 Å². The second-order valence-corrected chi connectivity index (χ2v) is 4.90. The van der Waals surface area contributed by atoms with Gasteiger partial charge in [0.25, 0.3) is 0 Å². The average molecular weight is 218 g/mol. The summed E-state index contributed by atoms with van der Waals surface area (Å²) in [6.07, 6.45) is 3.85. The van der Waals surface area contributed by atoms with Crippen molar-refractivity contribution in [2.45, 2.75) is 31.7 Å². The Kier molecular flexibility index (Phi) is 3.97. The van der Waals surface area contributed by atoms with E-state index in [-0.39, 0.29) is 0 Å². The molecule has 0 atom stereocenters. The lowest BCUT2D eigenvalue weighted by molar-refractivity contribution is 0.324. The maximum Gasteiger partial charge on any atom is 0.0230 e. The first kappa shape index (κ1) is 11.6. The Morgan fingerprint density at radius 1 is 1.25 bits per heavy atom. The van der Waals surface area contributed by atoms with Crippen molar-refractivity contribution in [2.75, 3.05) is 20.1 Å². The second-order valence-electron chi connectivity index (χ2n) is 4.90. The molecule has 0 bridgehead atoms. The lowest BCUT2D eigenvalue weighted by Crippen LogP contribution is -2.21. The molecule has 2 nitrogen and oxygen atoms in total. The molecule has 2 heteroatoms. The zero-order valence-electron chi connectivity index (χ0n) is 10.2. The Morgan fingerprint density at radius 2 is 1.94 bits per heavy atom. The minimum atomic E-state index is 0.783. The summed E-state index contributed by atoms with van der Waals surface area (Å²) in [5.41, 5.74) is 8.43. The van der Waals surface area contributed by atoms with Crippen molar-refractivity contribution >= 4 is 0 Å². The zero-order chi connectivity index (χ0) is 11.4. The number of nitrogens with two attached hydrogens (primary N) is 1. The molecule has 1 aromatic carbocycles. The molecule has 0 spiro atoms. The molecule has 1 aromatic rings. The van der Waals surface area contributed by atoms with Crippen molar-refractivity contribution in [3.63, 3.8) is 0 Å². The Balaban J connectivity index is 1.84. The van der Waals surface area contributed by atoms with Gasteiger partial charge in [-0.1, -0.05) is 24.3 Å². The highest BCUT2D eigenvalue weighted by atomic mass is 15.1. The highest BCUT2D eigenvalue weighted by Crippen LogP contribution is 2.39. The van der Waals surface area contributed by atoms with E-state index >= 15 is 0 Å². The molecule has 1 aliphatic rings. The van der Waals surface area contributed by atoms with Gasteiger partial charge in [0.1, 0.15) is 0 Å². The summed E-state index contributed by atoms with van der Waals surface area (Å²) in [6.45, 7) is 2.90. The minimum Gasteiger partial charge on any atom is -0.330 e. The third-order valence-corrected chi connectivity index (χ3v) is 3.22. The van der Waals surface area contributed by atoms with Gasteiger partial charge in [-0.2, -0.15) is 0 Å². The van der Waals surface area contributed by atoms with E-state index in [1.54, 1.807) is 0 Å². The molecule has 0 aromatic heterocycles. The molecule has 1 aliphatic carbocycles. The van der Waals surface area contributed by atoms with Crippen LogP contribution in [-0.2, 0) is 6.54 Å². The maximum atomic E-state index is 5.50. The molecule has 0 aliphatic heterocycles. The van der Waals surface area contributed by atoms with Gasteiger partial charge < -0.3 is 10.6 Å². The highest BCUT2D eigenvalue weighted by molar-refractivity contribution is 5.27. The van der Waals surface area contributed by atoms with E-state index in [0.29, 0.717) is 0 Å². The minimum absolute atomic E-state index is 0.783. The van der Waals surface area contributed by atoms with E-state index in [1.807, 2.05) is 0 Å². The molecule has 16 heavy (non-hydrogen) atoms. The molecule has 0 heterocycles. The monoisotopic (exact) mass is 218 g/mol. The van der Waals surface area contributed by atoms with Gasteiger partial charge in [-0.15, -0.1) is 0 Å². The van der Waals surface area contributed by atoms with Crippen LogP contribution in [0.4, 0.5) is 0 Å². The summed E-state index contributed by atoms with van der Waals surface area (Å²) in [5, 5.41) is 0. The largest absolute Gasteiger partial charge is 0.330 e. The van der Waals surface area contributed by atoms with E-state index in [1.165, 1.54) is 24.0 Å². The van der Waals surface area contributed by atoms with Crippen molar-refractivity contribution in [2.24, 2.45) is 5.73 Å². The third-order valence-electron chi connectivity index (χ3n) is 3.22. The van der Waals surface area contributed by atoms with Crippen LogP contribution in [0.5, 0.6) is 0 Å². The Bertz CT molecular complexity index is 314. The fourth-order valence-electron chi connectivity index (χ4n) is 2.06. The van der Waals surface area contributed by atoms with Crippen molar-refractivity contribution in [3.05, 3.63) is 35.4 Å². The third kappa shape index (κ3) is 3.32. The molecular weight excluding hydrogens is 196 g/mol. The van der Waals surface area contributed by atoms with Crippen molar-refractivity contribution in [1.29, 1.82) is 0 Å². The van der Waals surface area contributed by atoms with Crippen LogP contribution in [0, 0.1) is 0 Å². The van der Waals surface area contributed by atoms with Gasteiger partial charge in [0.2, 0.25) is 0 Å². The first-order chi connectivity index (χ1) is 7.79. The van der Waals surface area contributed by atoms with E-state index in [4.69, 9.17) is 5.73 Å². The summed E-state index contributed by atoms with van der Waals surface area (Å²) in [7, 11) is 2.16. The molecule has 0 unspecified atom stereocenters. The number of hydrogen-bond donors (Lipinski definition) is 1. The number of hydrogen-bond acceptors (Lipinski definition) is 2. The molecule has 88 valence electrons. The van der Waals surface area contributed by atoms with Crippen LogP contribution in [-0.4, -0.2) is 25.0 Å². The topological polar surface area (TPSA) is 29.3 Å². The predicted molar refractivity (Wildman–Crippen MR) is 68.4 cm³/mol. The Hall–Kier alpha value is -0.860. The zero-order valence-corrected chi connectivity index (χ0v) is 10.2. The highest BCUT2D eigenvalue weighted by Gasteiger charge is 2.22. The molecule has 0 radical (unpaired) electrons. The number of nitrogens with zero attached hydrogens (tertiary/aromatic N) is 1. The van der Waals surface area contributed by atoms with Crippen molar-refractivity contribution in [1.82, 2.24) is 4.90 Å². The Labute approximate surface area is 98.4 Å². The molecular formula is C14H22N2. The van der Waals surface area contributed by atoms with Crippen LogP contribution in [0.25, 0.3) is 0 Å². The summed E-state index contributed by atoms with van der Waals surface area (Å²) < 4.78 is 0. The van der Waals surface area contributed by atoms with Gasteiger partial charge in [0, 0.05) is 6.54 Å². The van der Waals surface area contributed by atoms with E-state index in [0.717, 1.165) is 32.0 Å². The first-order valence-electron chi connectivity index (χ1n) is 6.27. The van der Waals surface area contributed by atoms with E-state index in [2.05, 4.69) is 36.2 Å². The molecule has 2 N–H and O–H groups in total. The fourth-order valence-corrected chi connectivity index (χ4v) is 2.06. The van der Waals surface area contributed by atoms with E-state index in [9.17, 15) is 0 Å². The van der Waals surface area contributed by atoms with Crippen LogP contribution >= 0.6 is 0 Å². The standard InChI is InChI=1S/C14H22N2/c1-16(10-2-9-15)11-12-3-5-13(6-4-12)14-7-8-14/h3-6,14H,2,7-11,15H2,1H3. The SMILES string of the molecule is CN(CCCN)Cc1ccc(C2CC2)cc1. The summed E-state index contributed by atoms with van der Waals surface area (Å²) in [5.74, 6) is 0.865. The van der Waals surface area contributed by atoms with Gasteiger partial charge >= 0.3 is 0 Å². The smallest absolute Gasteiger partial charge is 0.0230 e. The summed E-state index contributed by atoms with van der Waals surface area (Å²) in [4.78, 5) is 2.33. The predicted octanol–water partition coefficient (Wildman–Crippen LogP) is 2.34.